The van der Waals surface area contributed by atoms with E-state index in [2.05, 4.69) is 10.6 Å². The lowest BCUT2D eigenvalue weighted by Crippen LogP contribution is -2.44. The SMILES string of the molecule is O=C(NCC(F)F)NC1CCOC1c1ccc(Cl)cc1. The second-order valence-corrected chi connectivity index (χ2v) is 4.92. The van der Waals surface area contributed by atoms with Gasteiger partial charge in [0.05, 0.1) is 12.6 Å². The molecule has 2 amide bonds. The molecule has 7 heteroatoms. The average Bonchev–Trinajstić information content (AvgIpc) is 2.85. The topological polar surface area (TPSA) is 50.4 Å². The number of halogens is 3. The average molecular weight is 305 g/mol. The molecule has 1 aromatic carbocycles. The van der Waals surface area contributed by atoms with Crippen LogP contribution in [0.3, 0.4) is 0 Å². The van der Waals surface area contributed by atoms with Crippen LogP contribution in [0.1, 0.15) is 18.1 Å². The van der Waals surface area contributed by atoms with Gasteiger partial charge in [0, 0.05) is 11.6 Å². The van der Waals surface area contributed by atoms with Crippen molar-refractivity contribution >= 4 is 17.6 Å². The largest absolute Gasteiger partial charge is 0.371 e. The molecule has 2 unspecified atom stereocenters. The Balaban J connectivity index is 1.93. The number of benzene rings is 1. The van der Waals surface area contributed by atoms with Crippen LogP contribution >= 0.6 is 11.6 Å². The molecule has 0 aromatic heterocycles. The summed E-state index contributed by atoms with van der Waals surface area (Å²) in [6, 6.07) is 6.28. The number of carbonyl (C=O) groups excluding carboxylic acids is 1. The number of carbonyl (C=O) groups is 1. The number of nitrogens with one attached hydrogen (secondary N) is 2. The molecule has 2 rings (SSSR count). The van der Waals surface area contributed by atoms with Gasteiger partial charge in [0.1, 0.15) is 6.10 Å². The molecule has 0 bridgehead atoms. The molecule has 1 aromatic rings. The van der Waals surface area contributed by atoms with Gasteiger partial charge in [0.2, 0.25) is 0 Å². The van der Waals surface area contributed by atoms with Gasteiger partial charge in [0.25, 0.3) is 6.43 Å². The fourth-order valence-electron chi connectivity index (χ4n) is 2.11. The van der Waals surface area contributed by atoms with E-state index >= 15 is 0 Å². The highest BCUT2D eigenvalue weighted by Gasteiger charge is 2.30. The zero-order chi connectivity index (χ0) is 14.5. The van der Waals surface area contributed by atoms with Gasteiger partial charge in [-0.25, -0.2) is 13.6 Å². The number of hydrogen-bond acceptors (Lipinski definition) is 2. The minimum absolute atomic E-state index is 0.242. The van der Waals surface area contributed by atoms with E-state index in [1.807, 2.05) is 12.1 Å². The normalized spacial score (nSPS) is 22.0. The maximum Gasteiger partial charge on any atom is 0.315 e. The Labute approximate surface area is 120 Å². The summed E-state index contributed by atoms with van der Waals surface area (Å²) in [5.74, 6) is 0. The molecule has 20 heavy (non-hydrogen) atoms. The molecule has 1 saturated heterocycles. The zero-order valence-corrected chi connectivity index (χ0v) is 11.4. The van der Waals surface area contributed by atoms with E-state index in [1.54, 1.807) is 12.1 Å². The Bertz CT molecular complexity index is 456. The molecule has 2 N–H and O–H groups in total. The van der Waals surface area contributed by atoms with Crippen molar-refractivity contribution in [3.63, 3.8) is 0 Å². The van der Waals surface area contributed by atoms with E-state index < -0.39 is 19.0 Å². The van der Waals surface area contributed by atoms with E-state index in [1.165, 1.54) is 0 Å². The lowest BCUT2D eigenvalue weighted by Gasteiger charge is -2.20. The summed E-state index contributed by atoms with van der Waals surface area (Å²) in [6.07, 6.45) is -2.22. The van der Waals surface area contributed by atoms with Gasteiger partial charge in [-0.15, -0.1) is 0 Å². The molecule has 0 radical (unpaired) electrons. The number of rotatable bonds is 4. The summed E-state index contributed by atoms with van der Waals surface area (Å²) >= 11 is 5.82. The van der Waals surface area contributed by atoms with Crippen LogP contribution in [0.25, 0.3) is 0 Å². The molecule has 0 aliphatic carbocycles. The van der Waals surface area contributed by atoms with Gasteiger partial charge in [-0.3, -0.25) is 0 Å². The fourth-order valence-corrected chi connectivity index (χ4v) is 2.23. The summed E-state index contributed by atoms with van der Waals surface area (Å²) in [6.45, 7) is -0.155. The van der Waals surface area contributed by atoms with Crippen LogP contribution in [0, 0.1) is 0 Å². The second kappa shape index (κ2) is 6.85. The third kappa shape index (κ3) is 4.05. The van der Waals surface area contributed by atoms with E-state index in [9.17, 15) is 13.6 Å². The minimum atomic E-state index is -2.56. The van der Waals surface area contributed by atoms with Gasteiger partial charge >= 0.3 is 6.03 Å². The third-order valence-corrected chi connectivity index (χ3v) is 3.28. The van der Waals surface area contributed by atoms with Crippen LogP contribution in [-0.2, 0) is 4.74 Å². The predicted molar refractivity (Wildman–Crippen MR) is 71.1 cm³/mol. The van der Waals surface area contributed by atoms with Crippen LogP contribution in [0.15, 0.2) is 24.3 Å². The molecule has 1 fully saturated rings. The molecule has 2 atom stereocenters. The second-order valence-electron chi connectivity index (χ2n) is 4.48. The summed E-state index contributed by atoms with van der Waals surface area (Å²) in [5.41, 5.74) is 0.894. The Morgan fingerprint density at radius 2 is 2.10 bits per heavy atom. The summed E-state index contributed by atoms with van der Waals surface area (Å²) < 4.78 is 29.6. The molecule has 0 saturated carbocycles. The molecule has 110 valence electrons. The van der Waals surface area contributed by atoms with Crippen LogP contribution in [0.2, 0.25) is 5.02 Å². The van der Waals surface area contributed by atoms with Crippen molar-refractivity contribution in [3.05, 3.63) is 34.9 Å². The number of hydrogen-bond donors (Lipinski definition) is 2. The van der Waals surface area contributed by atoms with Crippen LogP contribution < -0.4 is 10.6 Å². The summed E-state index contributed by atoms with van der Waals surface area (Å²) in [7, 11) is 0. The lowest BCUT2D eigenvalue weighted by atomic mass is 10.0. The first-order chi connectivity index (χ1) is 9.56. The Hall–Kier alpha value is -1.40. The quantitative estimate of drug-likeness (QED) is 0.898. The van der Waals surface area contributed by atoms with Crippen molar-refractivity contribution < 1.29 is 18.3 Å². The van der Waals surface area contributed by atoms with Crippen LogP contribution in [-0.4, -0.2) is 31.7 Å². The fraction of sp³-hybridized carbons (Fsp3) is 0.462. The van der Waals surface area contributed by atoms with Gasteiger partial charge in [-0.2, -0.15) is 0 Å². The maximum atomic E-state index is 12.0. The van der Waals surface area contributed by atoms with Crippen molar-refractivity contribution in [1.29, 1.82) is 0 Å². The number of alkyl halides is 2. The highest BCUT2D eigenvalue weighted by Crippen LogP contribution is 2.29. The number of ether oxygens (including phenoxy) is 1. The van der Waals surface area contributed by atoms with E-state index in [4.69, 9.17) is 16.3 Å². The van der Waals surface area contributed by atoms with Crippen LogP contribution in [0.5, 0.6) is 0 Å². The first kappa shape index (κ1) is 15.0. The van der Waals surface area contributed by atoms with Crippen LogP contribution in [0.4, 0.5) is 13.6 Å². The van der Waals surface area contributed by atoms with Gasteiger partial charge in [-0.05, 0) is 24.1 Å². The molecular formula is C13H15ClF2N2O2. The van der Waals surface area contributed by atoms with Gasteiger partial charge < -0.3 is 15.4 Å². The monoisotopic (exact) mass is 304 g/mol. The number of amides is 2. The highest BCUT2D eigenvalue weighted by atomic mass is 35.5. The predicted octanol–water partition coefficient (Wildman–Crippen LogP) is 2.73. The van der Waals surface area contributed by atoms with Crippen molar-refractivity contribution in [2.24, 2.45) is 0 Å². The molecule has 4 nitrogen and oxygen atoms in total. The minimum Gasteiger partial charge on any atom is -0.371 e. The smallest absolute Gasteiger partial charge is 0.315 e. The van der Waals surface area contributed by atoms with Crippen molar-refractivity contribution in [1.82, 2.24) is 10.6 Å². The molecule has 1 aliphatic heterocycles. The Kier molecular flexibility index (Phi) is 5.14. The first-order valence-corrected chi connectivity index (χ1v) is 6.63. The van der Waals surface area contributed by atoms with E-state index in [0.717, 1.165) is 5.56 Å². The Morgan fingerprint density at radius 3 is 2.75 bits per heavy atom. The van der Waals surface area contributed by atoms with E-state index in [-0.39, 0.29) is 12.1 Å². The summed E-state index contributed by atoms with van der Waals surface area (Å²) in [5, 5.41) is 5.39. The van der Waals surface area contributed by atoms with Crippen molar-refractivity contribution in [2.45, 2.75) is 25.0 Å². The molecular weight excluding hydrogens is 290 g/mol. The summed E-state index contributed by atoms with van der Waals surface area (Å²) in [4.78, 5) is 11.5. The van der Waals surface area contributed by atoms with E-state index in [0.29, 0.717) is 18.1 Å². The third-order valence-electron chi connectivity index (χ3n) is 3.02. The zero-order valence-electron chi connectivity index (χ0n) is 10.6. The first-order valence-electron chi connectivity index (χ1n) is 6.26. The Morgan fingerprint density at radius 1 is 1.40 bits per heavy atom. The van der Waals surface area contributed by atoms with Crippen molar-refractivity contribution in [3.8, 4) is 0 Å². The van der Waals surface area contributed by atoms with Crippen molar-refractivity contribution in [2.75, 3.05) is 13.2 Å². The maximum absolute atomic E-state index is 12.0. The lowest BCUT2D eigenvalue weighted by molar-refractivity contribution is 0.0994. The van der Waals surface area contributed by atoms with Gasteiger partial charge in [-0.1, -0.05) is 23.7 Å². The molecule has 0 spiro atoms. The van der Waals surface area contributed by atoms with Gasteiger partial charge in [0.15, 0.2) is 0 Å². The highest BCUT2D eigenvalue weighted by molar-refractivity contribution is 6.30. The molecule has 1 heterocycles. The molecule has 1 aliphatic rings. The number of urea groups is 1. The standard InChI is InChI=1S/C13H15ClF2N2O2/c14-9-3-1-8(2-4-9)12-10(5-6-20-12)18-13(19)17-7-11(15)16/h1-4,10-12H,5-7H2,(H2,17,18,19).